The van der Waals surface area contributed by atoms with Crippen LogP contribution < -0.4 is 9.47 Å². The van der Waals surface area contributed by atoms with Crippen LogP contribution in [-0.2, 0) is 11.3 Å². The number of nitrogens with zero attached hydrogens (tertiary/aromatic N) is 1. The molecule has 2 rings (SSSR count). The number of para-hydroxylation sites is 1. The molecule has 0 aliphatic heterocycles. The van der Waals surface area contributed by atoms with Crippen molar-refractivity contribution in [2.75, 3.05) is 20.8 Å². The summed E-state index contributed by atoms with van der Waals surface area (Å²) in [5.74, 6) is 1.46. The third kappa shape index (κ3) is 4.49. The number of amides is 1. The van der Waals surface area contributed by atoms with Gasteiger partial charge in [0.05, 0.1) is 7.11 Å². The normalized spacial score (nSPS) is 10.3. The van der Waals surface area contributed by atoms with E-state index >= 15 is 0 Å². The Labute approximate surface area is 137 Å². The maximum atomic E-state index is 12.3. The summed E-state index contributed by atoms with van der Waals surface area (Å²) in [6, 6.07) is 13.7. The second kappa shape index (κ2) is 7.68. The predicted molar refractivity (Wildman–Crippen MR) is 90.9 cm³/mol. The molecule has 0 radical (unpaired) electrons. The predicted octanol–water partition coefficient (Wildman–Crippen LogP) is 3.35. The summed E-state index contributed by atoms with van der Waals surface area (Å²) < 4.78 is 11.0. The highest BCUT2D eigenvalue weighted by Gasteiger charge is 2.13. The SMILES string of the molecule is COc1ccccc1CN(C)C(=O)COc1cc(C)ccc1C. The Kier molecular flexibility index (Phi) is 5.63. The number of likely N-dealkylation sites (N-methyl/N-ethyl adjacent to an activating group) is 1. The van der Waals surface area contributed by atoms with Crippen molar-refractivity contribution in [2.24, 2.45) is 0 Å². The van der Waals surface area contributed by atoms with Gasteiger partial charge < -0.3 is 14.4 Å². The quantitative estimate of drug-likeness (QED) is 0.821. The highest BCUT2D eigenvalue weighted by atomic mass is 16.5. The van der Waals surface area contributed by atoms with Crippen molar-refractivity contribution in [1.29, 1.82) is 0 Å². The van der Waals surface area contributed by atoms with E-state index in [-0.39, 0.29) is 12.5 Å². The molecule has 0 fully saturated rings. The average Bonchev–Trinajstić information content (AvgIpc) is 2.55. The Balaban J connectivity index is 1.96. The van der Waals surface area contributed by atoms with Gasteiger partial charge in [0.25, 0.3) is 5.91 Å². The Morgan fingerprint density at radius 2 is 1.83 bits per heavy atom. The van der Waals surface area contributed by atoms with E-state index in [0.717, 1.165) is 28.2 Å². The maximum absolute atomic E-state index is 12.3. The molecular weight excluding hydrogens is 290 g/mol. The van der Waals surface area contributed by atoms with Crippen LogP contribution in [0, 0.1) is 13.8 Å². The van der Waals surface area contributed by atoms with Crippen LogP contribution in [0.2, 0.25) is 0 Å². The first-order valence-corrected chi connectivity index (χ1v) is 7.57. The van der Waals surface area contributed by atoms with Crippen LogP contribution in [0.25, 0.3) is 0 Å². The van der Waals surface area contributed by atoms with E-state index in [1.165, 1.54) is 0 Å². The summed E-state index contributed by atoms with van der Waals surface area (Å²) >= 11 is 0. The molecule has 23 heavy (non-hydrogen) atoms. The fourth-order valence-corrected chi connectivity index (χ4v) is 2.29. The number of carbonyl (C=O) groups is 1. The van der Waals surface area contributed by atoms with Gasteiger partial charge in [0.2, 0.25) is 0 Å². The summed E-state index contributed by atoms with van der Waals surface area (Å²) in [6.45, 7) is 4.48. The minimum Gasteiger partial charge on any atom is -0.496 e. The van der Waals surface area contributed by atoms with Gasteiger partial charge in [-0.25, -0.2) is 0 Å². The second-order valence-electron chi connectivity index (χ2n) is 5.62. The van der Waals surface area contributed by atoms with Crippen molar-refractivity contribution in [3.63, 3.8) is 0 Å². The van der Waals surface area contributed by atoms with E-state index in [2.05, 4.69) is 0 Å². The van der Waals surface area contributed by atoms with Crippen LogP contribution in [0.5, 0.6) is 11.5 Å². The highest BCUT2D eigenvalue weighted by Crippen LogP contribution is 2.20. The molecule has 0 bridgehead atoms. The Hall–Kier alpha value is -2.49. The molecule has 0 aliphatic rings. The van der Waals surface area contributed by atoms with Gasteiger partial charge in [0.1, 0.15) is 11.5 Å². The molecule has 0 heterocycles. The first kappa shape index (κ1) is 16.9. The van der Waals surface area contributed by atoms with Crippen molar-refractivity contribution in [1.82, 2.24) is 4.90 Å². The number of benzene rings is 2. The van der Waals surface area contributed by atoms with Crippen molar-refractivity contribution >= 4 is 5.91 Å². The molecule has 4 nitrogen and oxygen atoms in total. The van der Waals surface area contributed by atoms with Crippen LogP contribution in [-0.4, -0.2) is 31.6 Å². The van der Waals surface area contributed by atoms with Crippen molar-refractivity contribution < 1.29 is 14.3 Å². The van der Waals surface area contributed by atoms with Crippen molar-refractivity contribution in [3.8, 4) is 11.5 Å². The molecule has 0 aromatic heterocycles. The molecular formula is C19H23NO3. The molecule has 1 amide bonds. The summed E-state index contributed by atoms with van der Waals surface area (Å²) in [7, 11) is 3.39. The largest absolute Gasteiger partial charge is 0.496 e. The highest BCUT2D eigenvalue weighted by molar-refractivity contribution is 5.77. The van der Waals surface area contributed by atoms with E-state index in [1.54, 1.807) is 19.1 Å². The molecule has 0 aliphatic carbocycles. The number of methoxy groups -OCH3 is 1. The van der Waals surface area contributed by atoms with Gasteiger partial charge >= 0.3 is 0 Å². The van der Waals surface area contributed by atoms with Gasteiger partial charge in [-0.2, -0.15) is 0 Å². The van der Waals surface area contributed by atoms with Gasteiger partial charge in [-0.3, -0.25) is 4.79 Å². The van der Waals surface area contributed by atoms with Crippen LogP contribution in [0.4, 0.5) is 0 Å². The van der Waals surface area contributed by atoms with Crippen molar-refractivity contribution in [3.05, 3.63) is 59.2 Å². The van der Waals surface area contributed by atoms with Crippen LogP contribution in [0.1, 0.15) is 16.7 Å². The molecule has 0 saturated carbocycles. The molecule has 0 saturated heterocycles. The smallest absolute Gasteiger partial charge is 0.260 e. The summed E-state index contributed by atoms with van der Waals surface area (Å²) in [4.78, 5) is 13.9. The summed E-state index contributed by atoms with van der Waals surface area (Å²) in [5, 5.41) is 0. The standard InChI is InChI=1S/C19H23NO3/c1-14-9-10-15(2)18(11-14)23-13-19(21)20(3)12-16-7-5-6-8-17(16)22-4/h5-11H,12-13H2,1-4H3. The Bertz CT molecular complexity index is 682. The molecule has 0 unspecified atom stereocenters. The molecule has 0 spiro atoms. The van der Waals surface area contributed by atoms with E-state index in [4.69, 9.17) is 9.47 Å². The minimum atomic E-state index is -0.0724. The maximum Gasteiger partial charge on any atom is 0.260 e. The zero-order valence-corrected chi connectivity index (χ0v) is 14.1. The number of ether oxygens (including phenoxy) is 2. The van der Waals surface area contributed by atoms with Crippen LogP contribution in [0.3, 0.4) is 0 Å². The molecule has 0 atom stereocenters. The topological polar surface area (TPSA) is 38.8 Å². The number of rotatable bonds is 6. The molecule has 2 aromatic carbocycles. The summed E-state index contributed by atoms with van der Waals surface area (Å²) in [6.07, 6.45) is 0. The molecule has 122 valence electrons. The number of carbonyl (C=O) groups excluding carboxylic acids is 1. The second-order valence-corrected chi connectivity index (χ2v) is 5.62. The molecule has 2 aromatic rings. The van der Waals surface area contributed by atoms with Gasteiger partial charge in [0.15, 0.2) is 6.61 Å². The number of aryl methyl sites for hydroxylation is 2. The number of hydrogen-bond donors (Lipinski definition) is 0. The third-order valence-electron chi connectivity index (χ3n) is 3.72. The number of hydrogen-bond acceptors (Lipinski definition) is 3. The lowest BCUT2D eigenvalue weighted by atomic mass is 10.1. The first-order chi connectivity index (χ1) is 11.0. The van der Waals surface area contributed by atoms with Crippen LogP contribution in [0.15, 0.2) is 42.5 Å². The summed E-state index contributed by atoms with van der Waals surface area (Å²) in [5.41, 5.74) is 3.11. The van der Waals surface area contributed by atoms with E-state index in [9.17, 15) is 4.79 Å². The van der Waals surface area contributed by atoms with Gasteiger partial charge in [0, 0.05) is 19.2 Å². The van der Waals surface area contributed by atoms with Crippen LogP contribution >= 0.6 is 0 Å². The van der Waals surface area contributed by atoms with Gasteiger partial charge in [-0.15, -0.1) is 0 Å². The Morgan fingerprint density at radius 1 is 1.09 bits per heavy atom. The lowest BCUT2D eigenvalue weighted by Crippen LogP contribution is -2.31. The zero-order chi connectivity index (χ0) is 16.8. The average molecular weight is 313 g/mol. The lowest BCUT2D eigenvalue weighted by molar-refractivity contribution is -0.132. The van der Waals surface area contributed by atoms with Crippen molar-refractivity contribution in [2.45, 2.75) is 20.4 Å². The molecule has 0 N–H and O–H groups in total. The monoisotopic (exact) mass is 313 g/mol. The first-order valence-electron chi connectivity index (χ1n) is 7.57. The van der Waals surface area contributed by atoms with E-state index in [1.807, 2.05) is 56.3 Å². The van der Waals surface area contributed by atoms with E-state index < -0.39 is 0 Å². The van der Waals surface area contributed by atoms with Gasteiger partial charge in [-0.05, 0) is 37.1 Å². The fourth-order valence-electron chi connectivity index (χ4n) is 2.29. The zero-order valence-electron chi connectivity index (χ0n) is 14.1. The minimum absolute atomic E-state index is 0.0238. The lowest BCUT2D eigenvalue weighted by Gasteiger charge is -2.19. The van der Waals surface area contributed by atoms with E-state index in [0.29, 0.717) is 6.54 Å². The third-order valence-corrected chi connectivity index (χ3v) is 3.72. The Morgan fingerprint density at radius 3 is 2.57 bits per heavy atom. The fraction of sp³-hybridized carbons (Fsp3) is 0.316. The van der Waals surface area contributed by atoms with Gasteiger partial charge in [-0.1, -0.05) is 30.3 Å². The molecule has 4 heteroatoms.